The second kappa shape index (κ2) is 7.26. The van der Waals surface area contributed by atoms with E-state index in [4.69, 9.17) is 0 Å². The third kappa shape index (κ3) is 3.69. The largest absolute Gasteiger partial charge is 0.260 e. The monoisotopic (exact) mass is 397 g/mol. The Morgan fingerprint density at radius 3 is 2.42 bits per heavy atom. The Labute approximate surface area is 154 Å². The van der Waals surface area contributed by atoms with Gasteiger partial charge in [-0.05, 0) is 43.5 Å². The highest BCUT2D eigenvalue weighted by atomic mass is 32.2. The van der Waals surface area contributed by atoms with E-state index in [9.17, 15) is 17.2 Å². The van der Waals surface area contributed by atoms with E-state index in [0.29, 0.717) is 0 Å². The van der Waals surface area contributed by atoms with Gasteiger partial charge in [-0.3, -0.25) is 4.68 Å². The van der Waals surface area contributed by atoms with Crippen molar-refractivity contribution in [1.82, 2.24) is 14.5 Å². The maximum Gasteiger partial charge on any atom is 0.246 e. The molecule has 0 aliphatic carbocycles. The number of benzene rings is 1. The van der Waals surface area contributed by atoms with Crippen LogP contribution < -0.4 is 4.72 Å². The summed E-state index contributed by atoms with van der Waals surface area (Å²) in [7, 11) is -4.36. The first-order chi connectivity index (χ1) is 12.3. The molecule has 0 bridgehead atoms. The fourth-order valence-electron chi connectivity index (χ4n) is 2.75. The minimum Gasteiger partial charge on any atom is -0.260 e. The molecule has 0 radical (unpaired) electrons. The zero-order valence-corrected chi connectivity index (χ0v) is 15.7. The number of nitrogens with one attached hydrogen (secondary N) is 1. The fourth-order valence-corrected chi connectivity index (χ4v) is 4.73. The Balaban J connectivity index is 1.92. The van der Waals surface area contributed by atoms with Gasteiger partial charge in [-0.2, -0.15) is 5.10 Å². The van der Waals surface area contributed by atoms with Crippen LogP contribution in [0.15, 0.2) is 46.7 Å². The van der Waals surface area contributed by atoms with E-state index < -0.39 is 32.6 Å². The summed E-state index contributed by atoms with van der Waals surface area (Å²) in [6.07, 6.45) is 0. The van der Waals surface area contributed by atoms with Crippen molar-refractivity contribution >= 4 is 21.4 Å². The number of sulfonamides is 1. The molecule has 0 amide bonds. The molecule has 3 aromatic rings. The molecule has 0 saturated carbocycles. The molecule has 5 nitrogen and oxygen atoms in total. The third-order valence-electron chi connectivity index (χ3n) is 3.87. The van der Waals surface area contributed by atoms with E-state index in [1.165, 1.54) is 11.3 Å². The minimum atomic E-state index is -4.36. The third-order valence-corrected chi connectivity index (χ3v) is 6.31. The topological polar surface area (TPSA) is 64.0 Å². The first kappa shape index (κ1) is 18.7. The van der Waals surface area contributed by atoms with E-state index in [1.807, 2.05) is 37.4 Å². The summed E-state index contributed by atoms with van der Waals surface area (Å²) in [5.74, 6) is -2.26. The lowest BCUT2D eigenvalue weighted by molar-refractivity contribution is 0.488. The van der Waals surface area contributed by atoms with Crippen LogP contribution in [-0.4, -0.2) is 24.7 Å². The van der Waals surface area contributed by atoms with Crippen molar-refractivity contribution < 1.29 is 17.2 Å². The molecular weight excluding hydrogens is 380 g/mol. The lowest BCUT2D eigenvalue weighted by Crippen LogP contribution is -2.33. The highest BCUT2D eigenvalue weighted by molar-refractivity contribution is 7.89. The lowest BCUT2D eigenvalue weighted by atomic mass is 10.2. The Bertz CT molecular complexity index is 995. The predicted molar refractivity (Wildman–Crippen MR) is 95.7 cm³/mol. The van der Waals surface area contributed by atoms with E-state index in [-0.39, 0.29) is 6.54 Å². The zero-order chi connectivity index (χ0) is 18.9. The first-order valence-corrected chi connectivity index (χ1v) is 10.2. The van der Waals surface area contributed by atoms with Crippen molar-refractivity contribution in [3.63, 3.8) is 0 Å². The van der Waals surface area contributed by atoms with Gasteiger partial charge in [0.1, 0.15) is 11.6 Å². The zero-order valence-electron chi connectivity index (χ0n) is 14.1. The molecule has 1 aromatic carbocycles. The second-order valence-corrected chi connectivity index (χ2v) is 8.49. The Kier molecular flexibility index (Phi) is 5.22. The maximum atomic E-state index is 13.9. The van der Waals surface area contributed by atoms with Crippen molar-refractivity contribution in [2.24, 2.45) is 0 Å². The fraction of sp³-hybridized carbons (Fsp3) is 0.235. The molecule has 0 aliphatic heterocycles. The number of nitrogens with zero attached hydrogens (tertiary/aromatic N) is 2. The van der Waals surface area contributed by atoms with Crippen LogP contribution in [0.4, 0.5) is 8.78 Å². The van der Waals surface area contributed by atoms with E-state index in [2.05, 4.69) is 9.82 Å². The average molecular weight is 397 g/mol. The second-order valence-electron chi connectivity index (χ2n) is 5.81. The molecular formula is C17H17F2N3O2S2. The standard InChI is InChI=1S/C17H17F2N3O2S2/c1-11-9-12(2)22(21-11)15(16-7-4-8-25-16)10-20-26(23,24)17-13(18)5-3-6-14(17)19/h3-9,15,20H,10H2,1-2H3. The highest BCUT2D eigenvalue weighted by Gasteiger charge is 2.26. The molecule has 0 fully saturated rings. The molecule has 138 valence electrons. The van der Waals surface area contributed by atoms with Gasteiger partial charge >= 0.3 is 0 Å². The number of thiophene rings is 1. The van der Waals surface area contributed by atoms with Gasteiger partial charge in [0.2, 0.25) is 10.0 Å². The molecule has 1 unspecified atom stereocenters. The van der Waals surface area contributed by atoms with Crippen LogP contribution in [0.25, 0.3) is 0 Å². The van der Waals surface area contributed by atoms with Gasteiger partial charge in [0.25, 0.3) is 0 Å². The van der Waals surface area contributed by atoms with Gasteiger partial charge in [0.15, 0.2) is 4.90 Å². The molecule has 2 aromatic heterocycles. The number of hydrogen-bond donors (Lipinski definition) is 1. The van der Waals surface area contributed by atoms with Crippen LogP contribution in [0, 0.1) is 25.5 Å². The van der Waals surface area contributed by atoms with Gasteiger partial charge in [0.05, 0.1) is 11.7 Å². The van der Waals surface area contributed by atoms with Gasteiger partial charge < -0.3 is 0 Å². The van der Waals surface area contributed by atoms with E-state index >= 15 is 0 Å². The smallest absolute Gasteiger partial charge is 0.246 e. The molecule has 3 rings (SSSR count). The molecule has 2 heterocycles. The first-order valence-electron chi connectivity index (χ1n) is 7.79. The summed E-state index contributed by atoms with van der Waals surface area (Å²) in [6, 6.07) is 8.12. The number of aromatic nitrogens is 2. The Morgan fingerprint density at radius 1 is 1.19 bits per heavy atom. The quantitative estimate of drug-likeness (QED) is 0.693. The van der Waals surface area contributed by atoms with Crippen molar-refractivity contribution in [3.05, 3.63) is 69.7 Å². The number of aryl methyl sites for hydroxylation is 2. The molecule has 1 N–H and O–H groups in total. The van der Waals surface area contributed by atoms with Crippen LogP contribution >= 0.6 is 11.3 Å². The minimum absolute atomic E-state index is 0.0847. The van der Waals surface area contributed by atoms with Gasteiger partial charge in [-0.1, -0.05) is 12.1 Å². The van der Waals surface area contributed by atoms with Gasteiger partial charge in [-0.25, -0.2) is 21.9 Å². The van der Waals surface area contributed by atoms with Crippen molar-refractivity contribution in [2.45, 2.75) is 24.8 Å². The average Bonchev–Trinajstić information content (AvgIpc) is 3.18. The van der Waals surface area contributed by atoms with Crippen LogP contribution in [0.1, 0.15) is 22.3 Å². The van der Waals surface area contributed by atoms with Crippen molar-refractivity contribution in [1.29, 1.82) is 0 Å². The van der Waals surface area contributed by atoms with Gasteiger partial charge in [-0.15, -0.1) is 11.3 Å². The molecule has 0 aliphatic rings. The molecule has 26 heavy (non-hydrogen) atoms. The summed E-state index contributed by atoms with van der Waals surface area (Å²) in [5, 5.41) is 6.29. The van der Waals surface area contributed by atoms with Crippen LogP contribution in [-0.2, 0) is 10.0 Å². The molecule has 0 spiro atoms. The Morgan fingerprint density at radius 2 is 1.88 bits per heavy atom. The summed E-state index contributed by atoms with van der Waals surface area (Å²) in [5.41, 5.74) is 1.66. The normalized spacial score (nSPS) is 13.1. The predicted octanol–water partition coefficient (Wildman–Crippen LogP) is 3.41. The van der Waals surface area contributed by atoms with E-state index in [0.717, 1.165) is 34.5 Å². The van der Waals surface area contributed by atoms with Crippen LogP contribution in [0.3, 0.4) is 0 Å². The summed E-state index contributed by atoms with van der Waals surface area (Å²) in [4.78, 5) is -0.0915. The number of halogens is 2. The summed E-state index contributed by atoms with van der Waals surface area (Å²) in [6.45, 7) is 3.62. The van der Waals surface area contributed by atoms with Crippen LogP contribution in [0.5, 0.6) is 0 Å². The SMILES string of the molecule is Cc1cc(C)n(C(CNS(=O)(=O)c2c(F)cccc2F)c2cccs2)n1. The Hall–Kier alpha value is -2.10. The highest BCUT2D eigenvalue weighted by Crippen LogP contribution is 2.25. The van der Waals surface area contributed by atoms with Crippen LogP contribution in [0.2, 0.25) is 0 Å². The van der Waals surface area contributed by atoms with E-state index in [1.54, 1.807) is 4.68 Å². The van der Waals surface area contributed by atoms with Gasteiger partial charge in [0, 0.05) is 17.1 Å². The summed E-state index contributed by atoms with van der Waals surface area (Å²) >= 11 is 1.45. The molecule has 1 atom stereocenters. The van der Waals surface area contributed by atoms with Crippen molar-refractivity contribution in [3.8, 4) is 0 Å². The lowest BCUT2D eigenvalue weighted by Gasteiger charge is -2.19. The van der Waals surface area contributed by atoms with Crippen molar-refractivity contribution in [2.75, 3.05) is 6.54 Å². The summed E-state index contributed by atoms with van der Waals surface area (Å²) < 4.78 is 56.7. The molecule has 9 heteroatoms. The number of hydrogen-bond acceptors (Lipinski definition) is 4. The molecule has 0 saturated heterocycles. The maximum absolute atomic E-state index is 13.9. The number of rotatable bonds is 6.